The SMILES string of the molecule is O=C(NC[C@H]1[C@@H]2CNC[C@@H](C2)c2cccc(=O)n21)c1cnc(C2CC2)nc1. The monoisotopic (exact) mass is 365 g/mol. The van der Waals surface area contributed by atoms with E-state index in [4.69, 9.17) is 0 Å². The van der Waals surface area contributed by atoms with Crippen molar-refractivity contribution in [1.82, 2.24) is 25.2 Å². The fourth-order valence-electron chi connectivity index (χ4n) is 4.47. The van der Waals surface area contributed by atoms with E-state index in [9.17, 15) is 9.59 Å². The first-order valence-electron chi connectivity index (χ1n) is 9.73. The molecule has 4 heterocycles. The minimum atomic E-state index is -0.186. The number of fused-ring (bicyclic) bond motifs is 4. The Bertz CT molecular complexity index is 919. The third kappa shape index (κ3) is 3.06. The standard InChI is InChI=1S/C20H23N5O2/c26-18-3-1-2-16-13-6-14(8-21-7-13)17(25(16)18)11-24-20(27)15-9-22-19(23-10-15)12-4-5-12/h1-3,9-10,12-14,17,21H,4-8,11H2,(H,24,27)/t13-,14+,17+/m1/s1. The number of pyridine rings is 1. The van der Waals surface area contributed by atoms with Gasteiger partial charge in [0.1, 0.15) is 5.82 Å². The summed E-state index contributed by atoms with van der Waals surface area (Å²) in [6.07, 6.45) is 6.54. The van der Waals surface area contributed by atoms with Crippen LogP contribution in [0.1, 0.15) is 59.0 Å². The van der Waals surface area contributed by atoms with E-state index >= 15 is 0 Å². The summed E-state index contributed by atoms with van der Waals surface area (Å²) in [6, 6.07) is 5.44. The average Bonchev–Trinajstić information content (AvgIpc) is 3.54. The minimum absolute atomic E-state index is 0.0143. The Morgan fingerprint density at radius 2 is 2.00 bits per heavy atom. The minimum Gasteiger partial charge on any atom is -0.350 e. The summed E-state index contributed by atoms with van der Waals surface area (Å²) in [6.45, 7) is 2.21. The topological polar surface area (TPSA) is 88.9 Å². The van der Waals surface area contributed by atoms with Gasteiger partial charge in [0.15, 0.2) is 0 Å². The highest BCUT2D eigenvalue weighted by Crippen LogP contribution is 2.38. The van der Waals surface area contributed by atoms with Gasteiger partial charge in [-0.1, -0.05) is 6.07 Å². The average molecular weight is 365 g/mol. The maximum Gasteiger partial charge on any atom is 0.254 e. The maximum atomic E-state index is 12.6. The molecule has 5 rings (SSSR count). The Kier molecular flexibility index (Phi) is 4.04. The largest absolute Gasteiger partial charge is 0.350 e. The molecule has 1 aliphatic carbocycles. The number of hydrogen-bond donors (Lipinski definition) is 2. The molecule has 1 saturated heterocycles. The van der Waals surface area contributed by atoms with Gasteiger partial charge in [-0.25, -0.2) is 9.97 Å². The van der Waals surface area contributed by atoms with Gasteiger partial charge in [-0.2, -0.15) is 0 Å². The third-order valence-corrected chi connectivity index (χ3v) is 6.05. The second-order valence-corrected chi connectivity index (χ2v) is 7.89. The van der Waals surface area contributed by atoms with Crippen LogP contribution in [0.15, 0.2) is 35.4 Å². The van der Waals surface area contributed by atoms with Crippen LogP contribution < -0.4 is 16.2 Å². The summed E-state index contributed by atoms with van der Waals surface area (Å²) in [7, 11) is 0. The number of rotatable bonds is 4. The van der Waals surface area contributed by atoms with Gasteiger partial charge in [0.2, 0.25) is 0 Å². The second kappa shape index (κ2) is 6.56. The quantitative estimate of drug-likeness (QED) is 0.850. The Morgan fingerprint density at radius 1 is 1.19 bits per heavy atom. The van der Waals surface area contributed by atoms with E-state index in [0.717, 1.165) is 43.9 Å². The first kappa shape index (κ1) is 16.6. The number of nitrogens with one attached hydrogen (secondary N) is 2. The van der Waals surface area contributed by atoms with Crippen LogP contribution in [0.5, 0.6) is 0 Å². The number of hydrogen-bond acceptors (Lipinski definition) is 5. The Morgan fingerprint density at radius 3 is 2.78 bits per heavy atom. The molecule has 1 saturated carbocycles. The lowest BCUT2D eigenvalue weighted by Crippen LogP contribution is -2.50. The summed E-state index contributed by atoms with van der Waals surface area (Å²) < 4.78 is 1.90. The fraction of sp³-hybridized carbons (Fsp3) is 0.500. The van der Waals surface area contributed by atoms with Gasteiger partial charge in [0.25, 0.3) is 11.5 Å². The molecule has 140 valence electrons. The van der Waals surface area contributed by atoms with Gasteiger partial charge >= 0.3 is 0 Å². The maximum absolute atomic E-state index is 12.6. The van der Waals surface area contributed by atoms with E-state index < -0.39 is 0 Å². The van der Waals surface area contributed by atoms with Crippen LogP contribution in [0.25, 0.3) is 0 Å². The molecule has 2 bridgehead atoms. The van der Waals surface area contributed by atoms with Crippen molar-refractivity contribution in [2.45, 2.75) is 37.1 Å². The van der Waals surface area contributed by atoms with E-state index in [1.54, 1.807) is 18.5 Å². The molecular weight excluding hydrogens is 342 g/mol. The molecule has 7 heteroatoms. The van der Waals surface area contributed by atoms with Crippen molar-refractivity contribution in [3.8, 4) is 0 Å². The smallest absolute Gasteiger partial charge is 0.254 e. The molecule has 3 aliphatic rings. The van der Waals surface area contributed by atoms with E-state index in [-0.39, 0.29) is 17.5 Å². The zero-order chi connectivity index (χ0) is 18.4. The van der Waals surface area contributed by atoms with Gasteiger partial charge in [-0.3, -0.25) is 9.59 Å². The van der Waals surface area contributed by atoms with Crippen LogP contribution in [-0.4, -0.2) is 40.1 Å². The lowest BCUT2D eigenvalue weighted by Gasteiger charge is -2.43. The second-order valence-electron chi connectivity index (χ2n) is 7.89. The van der Waals surface area contributed by atoms with Crippen LogP contribution in [0, 0.1) is 5.92 Å². The molecule has 2 aliphatic heterocycles. The summed E-state index contributed by atoms with van der Waals surface area (Å²) in [5.41, 5.74) is 1.55. The van der Waals surface area contributed by atoms with E-state index in [0.29, 0.717) is 29.9 Å². The van der Waals surface area contributed by atoms with Crippen LogP contribution in [0.2, 0.25) is 0 Å². The first-order chi connectivity index (χ1) is 13.2. The van der Waals surface area contributed by atoms with Crippen LogP contribution in [0.3, 0.4) is 0 Å². The van der Waals surface area contributed by atoms with Crippen molar-refractivity contribution in [3.05, 3.63) is 58.0 Å². The zero-order valence-corrected chi connectivity index (χ0v) is 15.1. The van der Waals surface area contributed by atoms with E-state index in [1.165, 1.54) is 0 Å². The lowest BCUT2D eigenvalue weighted by molar-refractivity contribution is 0.0931. The summed E-state index contributed by atoms with van der Waals surface area (Å²) >= 11 is 0. The van der Waals surface area contributed by atoms with Gasteiger partial charge in [0.05, 0.1) is 11.6 Å². The predicted octanol–water partition coefficient (Wildman–Crippen LogP) is 1.19. The van der Waals surface area contributed by atoms with Crippen molar-refractivity contribution in [2.75, 3.05) is 19.6 Å². The fourth-order valence-corrected chi connectivity index (χ4v) is 4.47. The van der Waals surface area contributed by atoms with Crippen molar-refractivity contribution in [1.29, 1.82) is 0 Å². The number of carbonyl (C=O) groups excluding carboxylic acids is 1. The molecule has 7 nitrogen and oxygen atoms in total. The van der Waals surface area contributed by atoms with Crippen molar-refractivity contribution in [2.24, 2.45) is 5.92 Å². The Labute approximate surface area is 157 Å². The number of carbonyl (C=O) groups is 1. The normalized spacial score (nSPS) is 26.3. The number of nitrogens with zero attached hydrogens (tertiary/aromatic N) is 3. The highest BCUT2D eigenvalue weighted by molar-refractivity contribution is 5.93. The Balaban J connectivity index is 1.34. The van der Waals surface area contributed by atoms with Crippen molar-refractivity contribution in [3.63, 3.8) is 0 Å². The molecule has 2 aromatic heterocycles. The molecule has 0 spiro atoms. The molecule has 1 amide bonds. The summed E-state index contributed by atoms with van der Waals surface area (Å²) in [4.78, 5) is 33.7. The van der Waals surface area contributed by atoms with E-state index in [1.807, 2.05) is 16.7 Å². The zero-order valence-electron chi connectivity index (χ0n) is 15.1. The van der Waals surface area contributed by atoms with Gasteiger partial charge < -0.3 is 15.2 Å². The number of amides is 1. The predicted molar refractivity (Wildman–Crippen MR) is 99.8 cm³/mol. The molecule has 0 unspecified atom stereocenters. The highest BCUT2D eigenvalue weighted by Gasteiger charge is 2.37. The molecular formula is C20H23N5O2. The molecule has 3 atom stereocenters. The summed E-state index contributed by atoms with van der Waals surface area (Å²) in [5.74, 6) is 1.82. The molecule has 0 aromatic carbocycles. The van der Waals surface area contributed by atoms with Gasteiger partial charge in [0, 0.05) is 55.6 Å². The number of aromatic nitrogens is 3. The van der Waals surface area contributed by atoms with Crippen LogP contribution in [0.4, 0.5) is 0 Å². The third-order valence-electron chi connectivity index (χ3n) is 6.05. The molecule has 2 N–H and O–H groups in total. The van der Waals surface area contributed by atoms with Gasteiger partial charge in [-0.15, -0.1) is 0 Å². The highest BCUT2D eigenvalue weighted by atomic mass is 16.1. The molecule has 2 fully saturated rings. The molecule has 2 aromatic rings. The van der Waals surface area contributed by atoms with Gasteiger partial charge in [-0.05, 0) is 31.2 Å². The molecule has 27 heavy (non-hydrogen) atoms. The Hall–Kier alpha value is -2.54. The van der Waals surface area contributed by atoms with Crippen molar-refractivity contribution >= 4 is 5.91 Å². The number of piperidine rings is 1. The van der Waals surface area contributed by atoms with Crippen LogP contribution in [-0.2, 0) is 0 Å². The van der Waals surface area contributed by atoms with Crippen LogP contribution >= 0.6 is 0 Å². The van der Waals surface area contributed by atoms with E-state index in [2.05, 4.69) is 20.6 Å². The lowest BCUT2D eigenvalue weighted by atomic mass is 9.79. The first-order valence-corrected chi connectivity index (χ1v) is 9.73. The molecule has 0 radical (unpaired) electrons. The summed E-state index contributed by atoms with van der Waals surface area (Å²) in [5, 5.41) is 6.47. The van der Waals surface area contributed by atoms with Crippen molar-refractivity contribution < 1.29 is 4.79 Å².